The van der Waals surface area contributed by atoms with E-state index in [1.807, 2.05) is 0 Å². The van der Waals surface area contributed by atoms with Gasteiger partial charge in [-0.3, -0.25) is 9.97 Å². The van der Waals surface area contributed by atoms with Gasteiger partial charge in [0.2, 0.25) is 0 Å². The maximum absolute atomic E-state index is 7.81. The Morgan fingerprint density at radius 3 is 1.09 bits per heavy atom. The fourth-order valence-electron chi connectivity index (χ4n) is 11.4. The van der Waals surface area contributed by atoms with E-state index in [2.05, 4.69) is 113 Å². The summed E-state index contributed by atoms with van der Waals surface area (Å²) in [5, 5.41) is 0. The molecular weight excluding hydrogens is 789 g/mol. The fraction of sp³-hybridized carbons (Fsp3) is 0.645. The van der Waals surface area contributed by atoms with Crippen LogP contribution in [-0.4, -0.2) is 9.97 Å². The van der Waals surface area contributed by atoms with Crippen LogP contribution in [0.25, 0.3) is 22.5 Å². The van der Waals surface area contributed by atoms with Crippen molar-refractivity contribution in [3.63, 3.8) is 0 Å². The molecule has 0 N–H and O–H groups in total. The Balaban J connectivity index is 1.21. The zero-order chi connectivity index (χ0) is 45.3. The summed E-state index contributed by atoms with van der Waals surface area (Å²) in [6.45, 7) is 9.23. The molecule has 2 saturated carbocycles. The Kier molecular flexibility index (Phi) is 23.2. The average Bonchev–Trinajstić information content (AvgIpc) is 3.36. The van der Waals surface area contributed by atoms with E-state index in [0.717, 1.165) is 36.1 Å². The molecule has 3 heteroatoms. The van der Waals surface area contributed by atoms with E-state index in [9.17, 15) is 0 Å². The van der Waals surface area contributed by atoms with Gasteiger partial charge < -0.3 is 4.74 Å². The Labute approximate surface area is 399 Å². The summed E-state index contributed by atoms with van der Waals surface area (Å²) in [5.74, 6) is 2.82. The van der Waals surface area contributed by atoms with Gasteiger partial charge in [-0.15, -0.1) is 0 Å². The number of hydrogen-bond acceptors (Lipinski definition) is 3. The lowest BCUT2D eigenvalue weighted by atomic mass is 9.74. The van der Waals surface area contributed by atoms with Crippen LogP contribution in [0.3, 0.4) is 0 Å². The molecule has 65 heavy (non-hydrogen) atoms. The number of benzene rings is 2. The lowest BCUT2D eigenvalue weighted by Gasteiger charge is -2.40. The van der Waals surface area contributed by atoms with Crippen molar-refractivity contribution in [1.29, 1.82) is 0 Å². The second kappa shape index (κ2) is 29.5. The monoisotopic (exact) mass is 881 g/mol. The van der Waals surface area contributed by atoms with Crippen LogP contribution in [0.4, 0.5) is 0 Å². The van der Waals surface area contributed by atoms with Crippen molar-refractivity contribution in [2.75, 3.05) is 0 Å². The standard InChI is InChI=1S/C62H92N2O/c1-5-9-13-17-21-25-51-31-45-59(63-47-51)53-37-41-57(42-38-53)61(55-33-27-49(28-34-55)23-19-15-11-7-3)65-62(56-35-29-50(30-36-56)24-20-16-12-8-4)58-43-39-54(40-44-58)60-46-32-52(48-64-60)26-22-18-14-10-6-2/h31-32,37-50,55-56,61-62H,5-30,33-36H2,1-4H3/t49-,50-,55-,56-,61?,62?. The molecule has 0 amide bonds. The van der Waals surface area contributed by atoms with Gasteiger partial charge in [-0.05, 0) is 109 Å². The van der Waals surface area contributed by atoms with Gasteiger partial charge in [0.15, 0.2) is 0 Å². The molecule has 6 rings (SSSR count). The zero-order valence-electron chi connectivity index (χ0n) is 42.1. The van der Waals surface area contributed by atoms with Crippen molar-refractivity contribution in [2.24, 2.45) is 23.7 Å². The lowest BCUT2D eigenvalue weighted by Crippen LogP contribution is -2.28. The molecule has 356 valence electrons. The second-order valence-corrected chi connectivity index (χ2v) is 20.9. The molecule has 2 aliphatic carbocycles. The van der Waals surface area contributed by atoms with E-state index >= 15 is 0 Å². The maximum atomic E-state index is 7.81. The van der Waals surface area contributed by atoms with Gasteiger partial charge in [0.05, 0.1) is 23.6 Å². The van der Waals surface area contributed by atoms with E-state index in [1.165, 1.54) is 213 Å². The molecule has 2 aliphatic rings. The minimum atomic E-state index is 0.0840. The second-order valence-electron chi connectivity index (χ2n) is 20.9. The molecular formula is C62H92N2O. The van der Waals surface area contributed by atoms with Gasteiger partial charge in [0.1, 0.15) is 0 Å². The van der Waals surface area contributed by atoms with E-state index in [0.29, 0.717) is 11.8 Å². The molecule has 2 atom stereocenters. The van der Waals surface area contributed by atoms with E-state index < -0.39 is 0 Å². The molecule has 0 bridgehead atoms. The number of unbranched alkanes of at least 4 members (excludes halogenated alkanes) is 14. The maximum Gasteiger partial charge on any atom is 0.0861 e. The van der Waals surface area contributed by atoms with Crippen LogP contribution < -0.4 is 0 Å². The van der Waals surface area contributed by atoms with E-state index in [1.54, 1.807) is 0 Å². The van der Waals surface area contributed by atoms with Crippen molar-refractivity contribution in [1.82, 2.24) is 9.97 Å². The minimum Gasteiger partial charge on any atom is -0.365 e. The van der Waals surface area contributed by atoms with Crippen LogP contribution in [0.1, 0.15) is 242 Å². The Bertz CT molecular complexity index is 1660. The predicted octanol–water partition coefficient (Wildman–Crippen LogP) is 19.2. The number of hydrogen-bond donors (Lipinski definition) is 0. The lowest BCUT2D eigenvalue weighted by molar-refractivity contribution is -0.0907. The quantitative estimate of drug-likeness (QED) is 0.0490. The SMILES string of the molecule is CCCCCCCc1ccc(-c2ccc(C(OC(c3ccc(-c4ccc(CCCCCCC)cn4)cc3)[C@H]3CC[C@H](CCCCCC)CC3)[C@H]3CC[C@H](CCCCCC)CC3)cc2)nc1. The highest BCUT2D eigenvalue weighted by atomic mass is 16.5. The predicted molar refractivity (Wildman–Crippen MR) is 279 cm³/mol. The van der Waals surface area contributed by atoms with Gasteiger partial charge in [-0.1, -0.05) is 230 Å². The van der Waals surface area contributed by atoms with Gasteiger partial charge in [0, 0.05) is 23.5 Å². The first-order valence-electron chi connectivity index (χ1n) is 27.8. The van der Waals surface area contributed by atoms with Crippen LogP contribution in [0.5, 0.6) is 0 Å². The number of aryl methyl sites for hydroxylation is 2. The number of pyridine rings is 2. The average molecular weight is 881 g/mol. The Hall–Kier alpha value is -3.30. The van der Waals surface area contributed by atoms with Crippen molar-refractivity contribution >= 4 is 0 Å². The molecule has 0 spiro atoms. The molecule has 2 heterocycles. The molecule has 0 saturated heterocycles. The fourth-order valence-corrected chi connectivity index (χ4v) is 11.4. The van der Waals surface area contributed by atoms with E-state index in [-0.39, 0.29) is 12.2 Å². The van der Waals surface area contributed by atoms with Crippen LogP contribution in [-0.2, 0) is 17.6 Å². The first-order chi connectivity index (χ1) is 32.1. The molecule has 3 nitrogen and oxygen atoms in total. The van der Waals surface area contributed by atoms with Crippen LogP contribution in [0.15, 0.2) is 85.2 Å². The van der Waals surface area contributed by atoms with E-state index in [4.69, 9.17) is 14.7 Å². The first kappa shape index (κ1) is 51.1. The first-order valence-corrected chi connectivity index (χ1v) is 27.8. The number of rotatable bonds is 30. The van der Waals surface area contributed by atoms with Gasteiger partial charge in [-0.25, -0.2) is 0 Å². The largest absolute Gasteiger partial charge is 0.365 e. The molecule has 0 aliphatic heterocycles. The summed E-state index contributed by atoms with van der Waals surface area (Å²) in [6.07, 6.45) is 44.0. The normalized spacial score (nSPS) is 19.9. The highest BCUT2D eigenvalue weighted by Gasteiger charge is 2.36. The number of nitrogens with zero attached hydrogens (tertiary/aromatic N) is 2. The summed E-state index contributed by atoms with van der Waals surface area (Å²) >= 11 is 0. The molecule has 2 unspecified atom stereocenters. The van der Waals surface area contributed by atoms with Crippen molar-refractivity contribution in [2.45, 2.75) is 233 Å². The summed E-state index contributed by atoms with van der Waals surface area (Å²) in [4.78, 5) is 9.95. The highest BCUT2D eigenvalue weighted by molar-refractivity contribution is 5.60. The molecule has 2 aromatic carbocycles. The minimum absolute atomic E-state index is 0.0840. The Morgan fingerprint density at radius 1 is 0.400 bits per heavy atom. The van der Waals surface area contributed by atoms with Crippen molar-refractivity contribution < 1.29 is 4.74 Å². The Morgan fingerprint density at radius 2 is 0.754 bits per heavy atom. The third kappa shape index (κ3) is 17.1. The smallest absolute Gasteiger partial charge is 0.0861 e. The number of ether oxygens (including phenoxy) is 1. The van der Waals surface area contributed by atoms with Crippen molar-refractivity contribution in [3.05, 3.63) is 107 Å². The van der Waals surface area contributed by atoms with Crippen LogP contribution in [0.2, 0.25) is 0 Å². The van der Waals surface area contributed by atoms with Gasteiger partial charge in [-0.2, -0.15) is 0 Å². The molecule has 4 aromatic rings. The van der Waals surface area contributed by atoms with Crippen LogP contribution >= 0.6 is 0 Å². The van der Waals surface area contributed by atoms with Crippen LogP contribution in [0, 0.1) is 23.7 Å². The molecule has 0 radical (unpaired) electrons. The summed E-state index contributed by atoms with van der Waals surface area (Å²) in [6, 6.07) is 28.0. The zero-order valence-corrected chi connectivity index (χ0v) is 42.1. The number of aromatic nitrogens is 2. The summed E-state index contributed by atoms with van der Waals surface area (Å²) < 4.78 is 7.81. The highest BCUT2D eigenvalue weighted by Crippen LogP contribution is 2.47. The van der Waals surface area contributed by atoms with Crippen molar-refractivity contribution in [3.8, 4) is 22.5 Å². The summed E-state index contributed by atoms with van der Waals surface area (Å²) in [7, 11) is 0. The summed E-state index contributed by atoms with van der Waals surface area (Å²) in [5.41, 5.74) is 9.98. The topological polar surface area (TPSA) is 35.0 Å². The molecule has 2 aromatic heterocycles. The van der Waals surface area contributed by atoms with Gasteiger partial charge in [0.25, 0.3) is 0 Å². The third-order valence-corrected chi connectivity index (χ3v) is 15.7. The third-order valence-electron chi connectivity index (χ3n) is 15.7. The molecule has 2 fully saturated rings. The van der Waals surface area contributed by atoms with Gasteiger partial charge >= 0.3 is 0 Å².